The Balaban J connectivity index is 1.43. The Kier molecular flexibility index (Phi) is 5.07. The van der Waals surface area contributed by atoms with Gasteiger partial charge in [-0.15, -0.1) is 0 Å². The van der Waals surface area contributed by atoms with Gasteiger partial charge in [-0.3, -0.25) is 4.79 Å². The first kappa shape index (κ1) is 19.1. The molecule has 2 saturated heterocycles. The van der Waals surface area contributed by atoms with Crippen LogP contribution in [0.1, 0.15) is 42.5 Å². The monoisotopic (exact) mass is 501 g/mol. The van der Waals surface area contributed by atoms with E-state index in [0.717, 1.165) is 22.0 Å². The van der Waals surface area contributed by atoms with Crippen molar-refractivity contribution in [2.45, 2.75) is 50.2 Å². The third-order valence-corrected chi connectivity index (χ3v) is 7.02. The molecule has 2 aliphatic rings. The minimum absolute atomic E-state index is 0.0472. The number of nitrogens with one attached hydrogen (secondary N) is 1. The number of halogens is 1. The van der Waals surface area contributed by atoms with Crippen LogP contribution in [0.15, 0.2) is 46.9 Å². The molecule has 29 heavy (non-hydrogen) atoms. The average molecular weight is 501 g/mol. The number of carbonyl (C=O) groups excluding carboxylic acids is 1. The van der Waals surface area contributed by atoms with Gasteiger partial charge in [-0.2, -0.15) is 0 Å². The van der Waals surface area contributed by atoms with Crippen LogP contribution >= 0.6 is 22.6 Å². The van der Waals surface area contributed by atoms with E-state index in [9.17, 15) is 4.79 Å². The molecule has 2 fully saturated rings. The first-order chi connectivity index (χ1) is 14.1. The SMILES string of the molecule is CN1C2CCCC1CC(NC(=O)c1cc(I)cc3oc(-c4ccccc4)nc13)C2. The molecule has 5 rings (SSSR count). The summed E-state index contributed by atoms with van der Waals surface area (Å²) in [6.45, 7) is 0. The highest BCUT2D eigenvalue weighted by molar-refractivity contribution is 14.1. The highest BCUT2D eigenvalue weighted by atomic mass is 127. The fourth-order valence-electron chi connectivity index (χ4n) is 4.87. The number of hydrogen-bond donors (Lipinski definition) is 1. The lowest BCUT2D eigenvalue weighted by Gasteiger charge is -2.47. The van der Waals surface area contributed by atoms with Crippen LogP contribution in [0.3, 0.4) is 0 Å². The van der Waals surface area contributed by atoms with E-state index in [2.05, 4.69) is 44.8 Å². The summed E-state index contributed by atoms with van der Waals surface area (Å²) in [6.07, 6.45) is 5.83. The Bertz CT molecular complexity index is 1030. The van der Waals surface area contributed by atoms with E-state index in [1.54, 1.807) is 0 Å². The van der Waals surface area contributed by atoms with Crippen molar-refractivity contribution < 1.29 is 9.21 Å². The molecule has 1 N–H and O–H groups in total. The van der Waals surface area contributed by atoms with Crippen molar-refractivity contribution >= 4 is 39.6 Å². The maximum Gasteiger partial charge on any atom is 0.253 e. The molecule has 0 aliphatic carbocycles. The smallest absolute Gasteiger partial charge is 0.253 e. The van der Waals surface area contributed by atoms with Gasteiger partial charge in [0.25, 0.3) is 5.91 Å². The van der Waals surface area contributed by atoms with E-state index in [1.807, 2.05) is 42.5 Å². The maximum atomic E-state index is 13.2. The molecule has 3 aromatic rings. The van der Waals surface area contributed by atoms with E-state index >= 15 is 0 Å². The molecule has 2 aliphatic heterocycles. The molecule has 6 heteroatoms. The van der Waals surface area contributed by atoms with Crippen LogP contribution in [0.2, 0.25) is 0 Å². The summed E-state index contributed by atoms with van der Waals surface area (Å²) >= 11 is 2.23. The number of piperidine rings is 2. The molecular formula is C23H24IN3O2. The van der Waals surface area contributed by atoms with Crippen LogP contribution in [0.5, 0.6) is 0 Å². The Morgan fingerprint density at radius 1 is 1.17 bits per heavy atom. The quantitative estimate of drug-likeness (QED) is 0.522. The zero-order valence-corrected chi connectivity index (χ0v) is 18.6. The summed E-state index contributed by atoms with van der Waals surface area (Å²) in [5.74, 6) is 0.500. The molecule has 0 saturated carbocycles. The van der Waals surface area contributed by atoms with Gasteiger partial charge in [-0.25, -0.2) is 4.98 Å². The van der Waals surface area contributed by atoms with Gasteiger partial charge in [-0.1, -0.05) is 24.6 Å². The highest BCUT2D eigenvalue weighted by Gasteiger charge is 2.36. The molecule has 0 radical (unpaired) electrons. The second kappa shape index (κ2) is 7.72. The molecule has 2 bridgehead atoms. The molecule has 3 heterocycles. The standard InChI is InChI=1S/C23H24IN3O2/c1-27-17-8-5-9-18(27)13-16(12-17)25-22(28)19-10-15(24)11-20-21(19)26-23(29-20)14-6-3-2-4-7-14/h2-4,6-7,10-11,16-18H,5,8-9,12-13H2,1H3,(H,25,28). The second-order valence-corrected chi connectivity index (χ2v) is 9.48. The molecular weight excluding hydrogens is 477 g/mol. The molecule has 1 aromatic heterocycles. The highest BCUT2D eigenvalue weighted by Crippen LogP contribution is 2.33. The number of aromatic nitrogens is 1. The summed E-state index contributed by atoms with van der Waals surface area (Å²) < 4.78 is 6.96. The zero-order chi connectivity index (χ0) is 20.0. The van der Waals surface area contributed by atoms with Crippen molar-refractivity contribution in [3.8, 4) is 11.5 Å². The van der Waals surface area contributed by atoms with E-state index in [0.29, 0.717) is 34.6 Å². The molecule has 2 aromatic carbocycles. The van der Waals surface area contributed by atoms with Crippen LogP contribution in [-0.4, -0.2) is 41.0 Å². The molecule has 150 valence electrons. The Morgan fingerprint density at radius 2 is 1.90 bits per heavy atom. The van der Waals surface area contributed by atoms with Gasteiger partial charge < -0.3 is 14.6 Å². The van der Waals surface area contributed by atoms with Crippen molar-refractivity contribution in [3.63, 3.8) is 0 Å². The molecule has 2 atom stereocenters. The number of oxazole rings is 1. The van der Waals surface area contributed by atoms with E-state index < -0.39 is 0 Å². The summed E-state index contributed by atoms with van der Waals surface area (Å²) in [5.41, 5.74) is 2.80. The van der Waals surface area contributed by atoms with Crippen LogP contribution in [0, 0.1) is 3.57 Å². The van der Waals surface area contributed by atoms with Crippen LogP contribution < -0.4 is 5.32 Å². The van der Waals surface area contributed by atoms with Crippen molar-refractivity contribution in [2.24, 2.45) is 0 Å². The van der Waals surface area contributed by atoms with Crippen molar-refractivity contribution in [3.05, 3.63) is 51.6 Å². The van der Waals surface area contributed by atoms with Crippen molar-refractivity contribution in [2.75, 3.05) is 7.05 Å². The van der Waals surface area contributed by atoms with E-state index in [1.165, 1.54) is 19.3 Å². The number of amides is 1. The van der Waals surface area contributed by atoms with Gasteiger partial charge in [0.15, 0.2) is 5.58 Å². The lowest BCUT2D eigenvalue weighted by Crippen LogP contribution is -2.55. The number of rotatable bonds is 3. The molecule has 0 spiro atoms. The van der Waals surface area contributed by atoms with Gasteiger partial charge in [0.2, 0.25) is 5.89 Å². The van der Waals surface area contributed by atoms with Gasteiger partial charge in [0.05, 0.1) is 5.56 Å². The van der Waals surface area contributed by atoms with Gasteiger partial charge in [0.1, 0.15) is 5.52 Å². The summed E-state index contributed by atoms with van der Waals surface area (Å²) in [6, 6.07) is 15.0. The Morgan fingerprint density at radius 3 is 2.62 bits per heavy atom. The first-order valence-corrected chi connectivity index (χ1v) is 11.3. The topological polar surface area (TPSA) is 58.4 Å². The molecule has 1 amide bonds. The number of nitrogens with zero attached hydrogens (tertiary/aromatic N) is 2. The number of benzene rings is 2. The fourth-order valence-corrected chi connectivity index (χ4v) is 5.46. The predicted octanol–water partition coefficient (Wildman–Crippen LogP) is 4.84. The molecule has 5 nitrogen and oxygen atoms in total. The van der Waals surface area contributed by atoms with Crippen molar-refractivity contribution in [1.82, 2.24) is 15.2 Å². The summed E-state index contributed by atoms with van der Waals surface area (Å²) in [5, 5.41) is 3.30. The van der Waals surface area contributed by atoms with Gasteiger partial charge in [-0.05, 0) is 79.6 Å². The van der Waals surface area contributed by atoms with Crippen LogP contribution in [0.25, 0.3) is 22.6 Å². The number of fused-ring (bicyclic) bond motifs is 3. The van der Waals surface area contributed by atoms with E-state index in [4.69, 9.17) is 4.42 Å². The minimum Gasteiger partial charge on any atom is -0.436 e. The predicted molar refractivity (Wildman–Crippen MR) is 122 cm³/mol. The lowest BCUT2D eigenvalue weighted by atomic mass is 9.82. The lowest BCUT2D eigenvalue weighted by molar-refractivity contribution is 0.0463. The van der Waals surface area contributed by atoms with E-state index in [-0.39, 0.29) is 11.9 Å². The maximum absolute atomic E-state index is 13.2. The van der Waals surface area contributed by atoms with Crippen molar-refractivity contribution in [1.29, 1.82) is 0 Å². The van der Waals surface area contributed by atoms with Gasteiger partial charge >= 0.3 is 0 Å². The summed E-state index contributed by atoms with van der Waals surface area (Å²) in [4.78, 5) is 20.4. The fraction of sp³-hybridized carbons (Fsp3) is 0.391. The second-order valence-electron chi connectivity index (χ2n) is 8.23. The summed E-state index contributed by atoms with van der Waals surface area (Å²) in [7, 11) is 2.23. The number of hydrogen-bond acceptors (Lipinski definition) is 4. The Labute approximate surface area is 184 Å². The van der Waals surface area contributed by atoms with Crippen LogP contribution in [-0.2, 0) is 0 Å². The number of carbonyl (C=O) groups is 1. The minimum atomic E-state index is -0.0472. The van der Waals surface area contributed by atoms with Crippen LogP contribution in [0.4, 0.5) is 0 Å². The largest absolute Gasteiger partial charge is 0.436 e. The average Bonchev–Trinajstić information content (AvgIpc) is 3.12. The third-order valence-electron chi connectivity index (χ3n) is 6.40. The normalized spacial score (nSPS) is 24.6. The van der Waals surface area contributed by atoms with Gasteiger partial charge in [0, 0.05) is 27.3 Å². The Hall–Kier alpha value is -1.93. The molecule has 2 unspecified atom stereocenters. The first-order valence-electron chi connectivity index (χ1n) is 10.3. The zero-order valence-electron chi connectivity index (χ0n) is 16.4. The third kappa shape index (κ3) is 3.68.